The largest absolute Gasteiger partial charge is 0.343 e. The van der Waals surface area contributed by atoms with Gasteiger partial charge >= 0.3 is 0 Å². The van der Waals surface area contributed by atoms with Crippen molar-refractivity contribution in [1.29, 1.82) is 0 Å². The first-order valence-electron chi connectivity index (χ1n) is 5.53. The van der Waals surface area contributed by atoms with E-state index in [-0.39, 0.29) is 36.6 Å². The number of nitrogens with two attached hydrogens (primary N) is 1. The van der Waals surface area contributed by atoms with E-state index in [1.165, 1.54) is 0 Å². The van der Waals surface area contributed by atoms with Crippen LogP contribution in [0, 0.1) is 5.92 Å². The topological polar surface area (TPSA) is 101 Å². The van der Waals surface area contributed by atoms with Crippen LogP contribution in [0.2, 0.25) is 0 Å². The highest BCUT2D eigenvalue weighted by molar-refractivity contribution is 6.02. The van der Waals surface area contributed by atoms with Crippen LogP contribution in [0.15, 0.2) is 12.7 Å². The summed E-state index contributed by atoms with van der Waals surface area (Å²) in [5.74, 6) is -1.15. The van der Waals surface area contributed by atoms with Crippen LogP contribution in [-0.4, -0.2) is 29.3 Å². The maximum atomic E-state index is 11.8. The quantitative estimate of drug-likeness (QED) is 0.464. The van der Waals surface area contributed by atoms with E-state index in [2.05, 4.69) is 17.2 Å². The molecule has 0 aromatic carbocycles. The number of amides is 3. The molecule has 1 aliphatic heterocycles. The molecule has 0 bridgehead atoms. The lowest BCUT2D eigenvalue weighted by Crippen LogP contribution is -2.56. The summed E-state index contributed by atoms with van der Waals surface area (Å²) in [4.78, 5) is 34.2. The monoisotopic (exact) mass is 273 g/mol. The van der Waals surface area contributed by atoms with Crippen molar-refractivity contribution in [3.05, 3.63) is 12.7 Å². The highest BCUT2D eigenvalue weighted by Gasteiger charge is 2.55. The number of rotatable bonds is 3. The summed E-state index contributed by atoms with van der Waals surface area (Å²) in [6, 6.07) is -0.660. The summed E-state index contributed by atoms with van der Waals surface area (Å²) >= 11 is 0. The van der Waals surface area contributed by atoms with Gasteiger partial charge in [0.25, 0.3) is 0 Å². The molecule has 3 atom stereocenters. The maximum absolute atomic E-state index is 11.8. The third-order valence-corrected chi connectivity index (χ3v) is 3.31. The van der Waals surface area contributed by atoms with Crippen LogP contribution in [-0.2, 0) is 14.4 Å². The number of hydrogen-bond acceptors (Lipinski definition) is 4. The smallest absolute Gasteiger partial charge is 0.249 e. The Kier molecular flexibility index (Phi) is 4.13. The number of piperidine rings is 1. The summed E-state index contributed by atoms with van der Waals surface area (Å²) < 4.78 is 0. The van der Waals surface area contributed by atoms with E-state index in [9.17, 15) is 14.4 Å². The molecule has 18 heavy (non-hydrogen) atoms. The molecule has 1 saturated heterocycles. The van der Waals surface area contributed by atoms with Crippen LogP contribution in [0.25, 0.3) is 0 Å². The molecule has 2 aliphatic rings. The fourth-order valence-electron chi connectivity index (χ4n) is 1.98. The number of carbonyl (C=O) groups is 3. The van der Waals surface area contributed by atoms with Gasteiger partial charge in [-0.2, -0.15) is 0 Å². The van der Waals surface area contributed by atoms with Crippen LogP contribution in [0.1, 0.15) is 19.3 Å². The Hall–Kier alpha value is -1.40. The van der Waals surface area contributed by atoms with Crippen molar-refractivity contribution in [1.82, 2.24) is 10.6 Å². The molecule has 0 spiro atoms. The fourth-order valence-corrected chi connectivity index (χ4v) is 1.98. The van der Waals surface area contributed by atoms with Gasteiger partial charge < -0.3 is 11.1 Å². The Bertz CT molecular complexity index is 412. The molecular formula is C11H16ClN3O3. The van der Waals surface area contributed by atoms with Gasteiger partial charge in [-0.05, 0) is 12.8 Å². The molecule has 1 aliphatic carbocycles. The summed E-state index contributed by atoms with van der Waals surface area (Å²) in [5, 5.41) is 4.76. The first-order valence-corrected chi connectivity index (χ1v) is 5.53. The van der Waals surface area contributed by atoms with E-state index in [1.807, 2.05) is 0 Å². The first-order chi connectivity index (χ1) is 7.97. The minimum atomic E-state index is -0.927. The lowest BCUT2D eigenvalue weighted by molar-refractivity contribution is -0.137. The van der Waals surface area contributed by atoms with Gasteiger partial charge in [-0.25, -0.2) is 0 Å². The molecule has 100 valence electrons. The van der Waals surface area contributed by atoms with Crippen molar-refractivity contribution in [3.63, 3.8) is 0 Å². The second kappa shape index (κ2) is 5.07. The predicted octanol–water partition coefficient (Wildman–Crippen LogP) is -0.767. The molecule has 7 heteroatoms. The van der Waals surface area contributed by atoms with Crippen molar-refractivity contribution < 1.29 is 14.4 Å². The van der Waals surface area contributed by atoms with Gasteiger partial charge in [-0.1, -0.05) is 6.08 Å². The number of hydrogen-bond donors (Lipinski definition) is 3. The minimum Gasteiger partial charge on any atom is -0.343 e. The first kappa shape index (κ1) is 14.7. The molecule has 1 heterocycles. The van der Waals surface area contributed by atoms with Crippen LogP contribution < -0.4 is 16.4 Å². The van der Waals surface area contributed by atoms with Crippen LogP contribution in [0.5, 0.6) is 0 Å². The molecule has 3 amide bonds. The Morgan fingerprint density at radius 1 is 1.56 bits per heavy atom. The predicted molar refractivity (Wildman–Crippen MR) is 66.8 cm³/mol. The molecule has 0 radical (unpaired) electrons. The zero-order valence-electron chi connectivity index (χ0n) is 9.77. The van der Waals surface area contributed by atoms with Gasteiger partial charge in [-0.3, -0.25) is 19.7 Å². The highest BCUT2D eigenvalue weighted by atomic mass is 35.5. The average molecular weight is 274 g/mol. The lowest BCUT2D eigenvalue weighted by atomic mass is 10.1. The van der Waals surface area contributed by atoms with Gasteiger partial charge in [0.2, 0.25) is 17.7 Å². The number of nitrogens with one attached hydrogen (secondary N) is 2. The summed E-state index contributed by atoms with van der Waals surface area (Å²) in [5.41, 5.74) is 4.93. The molecule has 1 unspecified atom stereocenters. The van der Waals surface area contributed by atoms with Gasteiger partial charge in [0.1, 0.15) is 11.6 Å². The zero-order chi connectivity index (χ0) is 12.6. The molecule has 2 rings (SSSR count). The van der Waals surface area contributed by atoms with E-state index in [1.54, 1.807) is 6.08 Å². The third kappa shape index (κ3) is 2.54. The zero-order valence-corrected chi connectivity index (χ0v) is 10.6. The normalized spacial score (nSPS) is 34.1. The minimum absolute atomic E-state index is 0. The molecule has 4 N–H and O–H groups in total. The molecule has 0 aromatic heterocycles. The highest BCUT2D eigenvalue weighted by Crippen LogP contribution is 2.42. The molecular weight excluding hydrogens is 258 g/mol. The Balaban J connectivity index is 0.00000162. The van der Waals surface area contributed by atoms with Gasteiger partial charge in [0.05, 0.1) is 0 Å². The van der Waals surface area contributed by atoms with Crippen LogP contribution in [0.4, 0.5) is 0 Å². The summed E-state index contributed by atoms with van der Waals surface area (Å²) in [6.07, 6.45) is 2.75. The standard InChI is InChI=1S/C11H15N3O3.ClH/c1-2-6-5-11(6,12)10(17)13-7-3-4-8(15)14-9(7)16;/h2,6-7H,1,3-5,12H2,(H,13,17)(H,14,15,16);1H/t6-,7?,11-;/m0./s1. The lowest BCUT2D eigenvalue weighted by Gasteiger charge is -2.23. The number of carbonyl (C=O) groups excluding carboxylic acids is 3. The van der Waals surface area contributed by atoms with Crippen LogP contribution >= 0.6 is 12.4 Å². The Morgan fingerprint density at radius 3 is 2.72 bits per heavy atom. The van der Waals surface area contributed by atoms with Gasteiger partial charge in [0, 0.05) is 12.3 Å². The van der Waals surface area contributed by atoms with E-state index in [0.717, 1.165) is 0 Å². The van der Waals surface area contributed by atoms with E-state index in [0.29, 0.717) is 12.8 Å². The van der Waals surface area contributed by atoms with Crippen molar-refractivity contribution >= 4 is 30.1 Å². The van der Waals surface area contributed by atoms with Gasteiger partial charge in [-0.15, -0.1) is 19.0 Å². The fraction of sp³-hybridized carbons (Fsp3) is 0.545. The third-order valence-electron chi connectivity index (χ3n) is 3.31. The summed E-state index contributed by atoms with van der Waals surface area (Å²) in [7, 11) is 0. The maximum Gasteiger partial charge on any atom is 0.249 e. The molecule has 2 fully saturated rings. The Morgan fingerprint density at radius 2 is 2.22 bits per heavy atom. The summed E-state index contributed by atoms with van der Waals surface area (Å²) in [6.45, 7) is 3.59. The number of imide groups is 1. The second-order valence-electron chi connectivity index (χ2n) is 4.56. The van der Waals surface area contributed by atoms with Crippen molar-refractivity contribution in [2.45, 2.75) is 30.8 Å². The van der Waals surface area contributed by atoms with Gasteiger partial charge in [0.15, 0.2) is 0 Å². The van der Waals surface area contributed by atoms with Crippen LogP contribution in [0.3, 0.4) is 0 Å². The van der Waals surface area contributed by atoms with E-state index >= 15 is 0 Å². The molecule has 0 aromatic rings. The molecule has 1 saturated carbocycles. The second-order valence-corrected chi connectivity index (χ2v) is 4.56. The Labute approximate surface area is 111 Å². The van der Waals surface area contributed by atoms with Crippen molar-refractivity contribution in [3.8, 4) is 0 Å². The molecule has 6 nitrogen and oxygen atoms in total. The van der Waals surface area contributed by atoms with E-state index in [4.69, 9.17) is 5.73 Å². The average Bonchev–Trinajstić information content (AvgIpc) is 2.95. The van der Waals surface area contributed by atoms with Crippen molar-refractivity contribution in [2.75, 3.05) is 0 Å². The van der Waals surface area contributed by atoms with E-state index < -0.39 is 17.5 Å². The SMILES string of the molecule is C=C[C@H]1C[C@@]1(N)C(=O)NC1CCC(=O)NC1=O.Cl. The van der Waals surface area contributed by atoms with Crippen molar-refractivity contribution in [2.24, 2.45) is 11.7 Å². The number of halogens is 1.